The van der Waals surface area contributed by atoms with Gasteiger partial charge in [-0.2, -0.15) is 0 Å². The molecular formula is C16H13F3O2. The summed E-state index contributed by atoms with van der Waals surface area (Å²) in [6, 6.07) is 12.9. The summed E-state index contributed by atoms with van der Waals surface area (Å²) in [5, 5.41) is 0. The molecule has 0 spiro atoms. The first kappa shape index (κ1) is 15.1. The van der Waals surface area contributed by atoms with Gasteiger partial charge < -0.3 is 4.74 Å². The van der Waals surface area contributed by atoms with Crippen LogP contribution in [0, 0.1) is 0 Å². The van der Waals surface area contributed by atoms with Gasteiger partial charge in [-0.1, -0.05) is 36.4 Å². The van der Waals surface area contributed by atoms with E-state index in [2.05, 4.69) is 4.74 Å². The van der Waals surface area contributed by atoms with Gasteiger partial charge in [0.05, 0.1) is 0 Å². The van der Waals surface area contributed by atoms with Gasteiger partial charge >= 0.3 is 6.36 Å². The lowest BCUT2D eigenvalue weighted by Gasteiger charge is -2.10. The summed E-state index contributed by atoms with van der Waals surface area (Å²) in [6.07, 6.45) is -4.36. The van der Waals surface area contributed by atoms with Crippen LogP contribution in [0.1, 0.15) is 12.5 Å². The van der Waals surface area contributed by atoms with Gasteiger partial charge in [0.25, 0.3) is 0 Å². The Hall–Kier alpha value is -2.30. The summed E-state index contributed by atoms with van der Waals surface area (Å²) in [5.41, 5.74) is 2.25. The molecule has 110 valence electrons. The van der Waals surface area contributed by atoms with Crippen LogP contribution < -0.4 is 4.74 Å². The fourth-order valence-electron chi connectivity index (χ4n) is 1.98. The molecule has 2 nitrogen and oxygen atoms in total. The summed E-state index contributed by atoms with van der Waals surface area (Å²) in [5.74, 6) is -0.198. The Morgan fingerprint density at radius 2 is 1.71 bits per heavy atom. The first-order chi connectivity index (χ1) is 9.83. The molecule has 2 aromatic rings. The van der Waals surface area contributed by atoms with Crippen LogP contribution in [-0.2, 0) is 11.2 Å². The molecule has 0 bridgehead atoms. The summed E-state index contributed by atoms with van der Waals surface area (Å²) in [6.45, 7) is 1.51. The molecule has 0 saturated heterocycles. The molecule has 0 unspecified atom stereocenters. The monoisotopic (exact) mass is 294 g/mol. The van der Waals surface area contributed by atoms with Gasteiger partial charge in [-0.25, -0.2) is 0 Å². The second-order valence-electron chi connectivity index (χ2n) is 4.65. The van der Waals surface area contributed by atoms with E-state index >= 15 is 0 Å². The number of rotatable bonds is 4. The third-order valence-electron chi connectivity index (χ3n) is 2.81. The lowest BCUT2D eigenvalue weighted by Crippen LogP contribution is -2.17. The molecule has 0 aliphatic rings. The fraction of sp³-hybridized carbons (Fsp3) is 0.188. The Morgan fingerprint density at radius 1 is 1.05 bits per heavy atom. The zero-order chi connectivity index (χ0) is 15.5. The molecule has 0 N–H and O–H groups in total. The van der Waals surface area contributed by atoms with Crippen LogP contribution in [0.5, 0.6) is 5.75 Å². The summed E-state index contributed by atoms with van der Waals surface area (Å²) >= 11 is 0. The topological polar surface area (TPSA) is 26.3 Å². The van der Waals surface area contributed by atoms with Gasteiger partial charge in [0, 0.05) is 6.42 Å². The van der Waals surface area contributed by atoms with Gasteiger partial charge in [-0.3, -0.25) is 4.79 Å². The van der Waals surface area contributed by atoms with Crippen LogP contribution >= 0.6 is 0 Å². The lowest BCUT2D eigenvalue weighted by atomic mass is 10.0. The van der Waals surface area contributed by atoms with E-state index in [0.29, 0.717) is 12.0 Å². The lowest BCUT2D eigenvalue weighted by molar-refractivity contribution is -0.274. The number of alkyl halides is 3. The molecule has 0 saturated carbocycles. The van der Waals surface area contributed by atoms with Gasteiger partial charge in [-0.05, 0) is 35.7 Å². The van der Waals surface area contributed by atoms with E-state index in [1.54, 1.807) is 30.3 Å². The van der Waals surface area contributed by atoms with Crippen molar-refractivity contribution in [2.45, 2.75) is 19.7 Å². The van der Waals surface area contributed by atoms with Gasteiger partial charge in [0.2, 0.25) is 0 Å². The van der Waals surface area contributed by atoms with Crippen LogP contribution in [0.4, 0.5) is 13.2 Å². The number of ether oxygens (including phenoxy) is 1. The second kappa shape index (κ2) is 5.99. The number of carbonyl (C=O) groups excluding carboxylic acids is 1. The van der Waals surface area contributed by atoms with Crippen LogP contribution in [0.25, 0.3) is 11.1 Å². The zero-order valence-corrected chi connectivity index (χ0v) is 11.3. The van der Waals surface area contributed by atoms with Crippen molar-refractivity contribution in [1.29, 1.82) is 0 Å². The van der Waals surface area contributed by atoms with Gasteiger partial charge in [0.1, 0.15) is 11.5 Å². The average Bonchev–Trinajstić information content (AvgIpc) is 2.37. The Balaban J connectivity index is 2.21. The van der Waals surface area contributed by atoms with Crippen molar-refractivity contribution in [3.8, 4) is 16.9 Å². The SMILES string of the molecule is CC(=O)Cc1ccc(-c2cccc(OC(F)(F)F)c2)cc1. The number of Topliss-reactive ketones (excluding diaryl/α,β-unsaturated/α-hetero) is 1. The first-order valence-electron chi connectivity index (χ1n) is 6.28. The number of hydrogen-bond donors (Lipinski definition) is 0. The molecule has 2 rings (SSSR count). The van der Waals surface area contributed by atoms with E-state index in [9.17, 15) is 18.0 Å². The molecule has 0 atom stereocenters. The normalized spacial score (nSPS) is 11.2. The molecule has 0 heterocycles. The van der Waals surface area contributed by atoms with Crippen molar-refractivity contribution in [1.82, 2.24) is 0 Å². The van der Waals surface area contributed by atoms with Crippen molar-refractivity contribution in [2.75, 3.05) is 0 Å². The van der Waals surface area contributed by atoms with Gasteiger partial charge in [0.15, 0.2) is 0 Å². The quantitative estimate of drug-likeness (QED) is 0.836. The molecule has 0 aliphatic heterocycles. The van der Waals surface area contributed by atoms with E-state index in [4.69, 9.17) is 0 Å². The molecule has 0 amide bonds. The van der Waals surface area contributed by atoms with Crippen LogP contribution in [0.3, 0.4) is 0 Å². The number of carbonyl (C=O) groups is 1. The zero-order valence-electron chi connectivity index (χ0n) is 11.3. The third kappa shape index (κ3) is 4.63. The molecule has 0 aromatic heterocycles. The van der Waals surface area contributed by atoms with Crippen molar-refractivity contribution < 1.29 is 22.7 Å². The maximum absolute atomic E-state index is 12.2. The second-order valence-corrected chi connectivity index (χ2v) is 4.65. The Bertz CT molecular complexity index is 631. The van der Waals surface area contributed by atoms with Crippen molar-refractivity contribution in [3.63, 3.8) is 0 Å². The van der Waals surface area contributed by atoms with Crippen LogP contribution in [0.15, 0.2) is 48.5 Å². The number of benzene rings is 2. The highest BCUT2D eigenvalue weighted by Crippen LogP contribution is 2.28. The average molecular weight is 294 g/mol. The highest BCUT2D eigenvalue weighted by atomic mass is 19.4. The standard InChI is InChI=1S/C16H13F3O2/c1-11(20)9-12-5-7-13(8-6-12)14-3-2-4-15(10-14)21-16(17,18)19/h2-8,10H,9H2,1H3. The number of ketones is 1. The van der Waals surface area contributed by atoms with Crippen molar-refractivity contribution in [3.05, 3.63) is 54.1 Å². The molecule has 5 heteroatoms. The van der Waals surface area contributed by atoms with E-state index in [1.165, 1.54) is 25.1 Å². The minimum Gasteiger partial charge on any atom is -0.406 e. The summed E-state index contributed by atoms with van der Waals surface area (Å²) < 4.78 is 40.5. The number of hydrogen-bond acceptors (Lipinski definition) is 2. The Labute approximate surface area is 120 Å². The minimum absolute atomic E-state index is 0.0586. The third-order valence-corrected chi connectivity index (χ3v) is 2.81. The van der Waals surface area contributed by atoms with Crippen molar-refractivity contribution >= 4 is 5.78 Å². The van der Waals surface area contributed by atoms with Crippen LogP contribution in [0.2, 0.25) is 0 Å². The molecular weight excluding hydrogens is 281 g/mol. The first-order valence-corrected chi connectivity index (χ1v) is 6.28. The minimum atomic E-state index is -4.70. The Morgan fingerprint density at radius 3 is 2.29 bits per heavy atom. The maximum Gasteiger partial charge on any atom is 0.573 e. The summed E-state index contributed by atoms with van der Waals surface area (Å²) in [4.78, 5) is 11.0. The van der Waals surface area contributed by atoms with Crippen molar-refractivity contribution in [2.24, 2.45) is 0 Å². The fourth-order valence-corrected chi connectivity index (χ4v) is 1.98. The predicted molar refractivity (Wildman–Crippen MR) is 72.9 cm³/mol. The van der Waals surface area contributed by atoms with E-state index in [0.717, 1.165) is 11.1 Å². The number of halogens is 3. The molecule has 0 radical (unpaired) electrons. The van der Waals surface area contributed by atoms with Gasteiger partial charge in [-0.15, -0.1) is 13.2 Å². The predicted octanol–water partition coefficient (Wildman–Crippen LogP) is 4.38. The molecule has 2 aromatic carbocycles. The van der Waals surface area contributed by atoms with E-state index < -0.39 is 6.36 Å². The Kier molecular flexibility index (Phi) is 4.31. The molecule has 21 heavy (non-hydrogen) atoms. The van der Waals surface area contributed by atoms with E-state index in [1.807, 2.05) is 0 Å². The largest absolute Gasteiger partial charge is 0.573 e. The van der Waals surface area contributed by atoms with E-state index in [-0.39, 0.29) is 11.5 Å². The smallest absolute Gasteiger partial charge is 0.406 e. The maximum atomic E-state index is 12.2. The summed E-state index contributed by atoms with van der Waals surface area (Å²) in [7, 11) is 0. The highest BCUT2D eigenvalue weighted by molar-refractivity contribution is 5.78. The molecule has 0 aliphatic carbocycles. The van der Waals surface area contributed by atoms with Crippen LogP contribution in [-0.4, -0.2) is 12.1 Å². The highest BCUT2D eigenvalue weighted by Gasteiger charge is 2.31. The molecule has 0 fully saturated rings.